The van der Waals surface area contributed by atoms with Crippen molar-refractivity contribution in [3.8, 4) is 16.5 Å². The fourth-order valence-electron chi connectivity index (χ4n) is 2.45. The number of esters is 1. The second-order valence-electron chi connectivity index (χ2n) is 6.45. The van der Waals surface area contributed by atoms with E-state index in [1.54, 1.807) is 6.07 Å². The van der Waals surface area contributed by atoms with E-state index in [2.05, 4.69) is 5.10 Å². The normalized spacial score (nSPS) is 11.6. The summed E-state index contributed by atoms with van der Waals surface area (Å²) in [6.07, 6.45) is -0.0482. The first kappa shape index (κ1) is 22.7. The van der Waals surface area contributed by atoms with E-state index < -0.39 is 21.7 Å². The molecular weight excluding hydrogens is 446 g/mol. The molecule has 0 N–H and O–H groups in total. The van der Waals surface area contributed by atoms with E-state index in [0.717, 1.165) is 13.9 Å². The van der Waals surface area contributed by atoms with Gasteiger partial charge in [-0.1, -0.05) is 6.07 Å². The quantitative estimate of drug-likeness (QED) is 0.327. The molecule has 0 aliphatic carbocycles. The van der Waals surface area contributed by atoms with Crippen LogP contribution < -0.4 is 10.5 Å². The van der Waals surface area contributed by atoms with E-state index in [1.165, 1.54) is 49.7 Å². The molecule has 2 aromatic heterocycles. The molecule has 0 saturated heterocycles. The lowest BCUT2D eigenvalue weighted by atomic mass is 10.3. The third kappa shape index (κ3) is 5.81. The van der Waals surface area contributed by atoms with Crippen LogP contribution in [0, 0.1) is 0 Å². The summed E-state index contributed by atoms with van der Waals surface area (Å²) in [4.78, 5) is 24.6. The Kier molecular flexibility index (Phi) is 7.25. The van der Waals surface area contributed by atoms with Gasteiger partial charge in [0.2, 0.25) is 10.0 Å². The zero-order valence-electron chi connectivity index (χ0n) is 16.9. The first-order valence-electron chi connectivity index (χ1n) is 9.20. The maximum atomic E-state index is 12.0. The molecule has 0 saturated carbocycles. The van der Waals surface area contributed by atoms with Crippen LogP contribution in [0.25, 0.3) is 10.8 Å². The van der Waals surface area contributed by atoms with Crippen molar-refractivity contribution in [2.75, 3.05) is 27.3 Å². The number of rotatable bonds is 10. The predicted molar refractivity (Wildman–Crippen MR) is 112 cm³/mol. The van der Waals surface area contributed by atoms with Crippen LogP contribution in [0.5, 0.6) is 5.75 Å². The zero-order valence-corrected chi connectivity index (χ0v) is 18.5. The Morgan fingerprint density at radius 3 is 2.58 bits per heavy atom. The predicted octanol–water partition coefficient (Wildman–Crippen LogP) is 1.83. The topological polar surface area (TPSA) is 121 Å². The average molecular weight is 468 g/mol. The van der Waals surface area contributed by atoms with Crippen molar-refractivity contribution in [1.29, 1.82) is 0 Å². The van der Waals surface area contributed by atoms with Gasteiger partial charge in [0.05, 0.1) is 22.7 Å². The molecule has 31 heavy (non-hydrogen) atoms. The molecule has 1 aromatic carbocycles. The van der Waals surface area contributed by atoms with E-state index >= 15 is 0 Å². The van der Waals surface area contributed by atoms with E-state index in [1.807, 2.05) is 11.4 Å². The van der Waals surface area contributed by atoms with Crippen LogP contribution in [0.2, 0.25) is 0 Å². The summed E-state index contributed by atoms with van der Waals surface area (Å²) in [5.74, 6) is -0.488. The number of carbonyl (C=O) groups is 1. The Morgan fingerprint density at radius 1 is 1.19 bits per heavy atom. The highest BCUT2D eigenvalue weighted by Gasteiger charge is 2.17. The summed E-state index contributed by atoms with van der Waals surface area (Å²) in [7, 11) is -0.593. The number of carbonyl (C=O) groups excluding carboxylic acids is 1. The molecule has 0 aliphatic heterocycles. The molecule has 0 aliphatic rings. The maximum absolute atomic E-state index is 12.0. The maximum Gasteiger partial charge on any atom is 0.437 e. The van der Waals surface area contributed by atoms with Gasteiger partial charge in [-0.05, 0) is 35.7 Å². The molecule has 0 bridgehead atoms. The Bertz CT molecular complexity index is 1160. The van der Waals surface area contributed by atoms with Crippen molar-refractivity contribution < 1.29 is 27.1 Å². The molecule has 0 radical (unpaired) electrons. The van der Waals surface area contributed by atoms with Gasteiger partial charge in [-0.15, -0.1) is 16.4 Å². The number of nitrogens with zero attached hydrogens (tertiary/aromatic N) is 3. The van der Waals surface area contributed by atoms with Crippen molar-refractivity contribution in [3.05, 3.63) is 52.3 Å². The Hall–Kier alpha value is -2.96. The van der Waals surface area contributed by atoms with Crippen molar-refractivity contribution in [1.82, 2.24) is 14.1 Å². The lowest BCUT2D eigenvalue weighted by Crippen LogP contribution is -2.22. The highest BCUT2D eigenvalue weighted by atomic mass is 32.2. The number of aromatic nitrogens is 2. The van der Waals surface area contributed by atoms with Gasteiger partial charge >= 0.3 is 11.7 Å². The molecule has 10 nitrogen and oxygen atoms in total. The Labute approximate surface area is 182 Å². The molecule has 12 heteroatoms. The fraction of sp³-hybridized carbons (Fsp3) is 0.316. The number of sulfonamides is 1. The van der Waals surface area contributed by atoms with Crippen molar-refractivity contribution >= 4 is 27.3 Å². The Balaban J connectivity index is 1.41. The second-order valence-corrected chi connectivity index (χ2v) is 9.55. The zero-order chi connectivity index (χ0) is 22.4. The standard InChI is InChI=1S/C19H21N3O7S2/c1-21(2)31(25,26)15-7-5-14(6-8-15)27-11-12-28-17(23)9-10-22-19(24)29-18(20-22)16-4-3-13-30-16/h3-8,13H,9-12H2,1-2H3. The van der Waals surface area contributed by atoms with E-state index in [-0.39, 0.29) is 37.0 Å². The minimum Gasteiger partial charge on any atom is -0.490 e. The lowest BCUT2D eigenvalue weighted by molar-refractivity contribution is -0.144. The molecule has 2 heterocycles. The summed E-state index contributed by atoms with van der Waals surface area (Å²) in [6.45, 7) is 0.137. The van der Waals surface area contributed by atoms with Gasteiger partial charge in [-0.25, -0.2) is 17.5 Å². The SMILES string of the molecule is CN(C)S(=O)(=O)c1ccc(OCCOC(=O)CCn2nc(-c3cccs3)oc2=O)cc1. The minimum atomic E-state index is -3.50. The molecule has 0 unspecified atom stereocenters. The van der Waals surface area contributed by atoms with Gasteiger partial charge in [0.25, 0.3) is 5.89 Å². The van der Waals surface area contributed by atoms with Crippen LogP contribution in [-0.2, 0) is 26.1 Å². The number of benzene rings is 1. The summed E-state index contributed by atoms with van der Waals surface area (Å²) in [5.41, 5.74) is 0. The monoisotopic (exact) mass is 467 g/mol. The van der Waals surface area contributed by atoms with Crippen molar-refractivity contribution in [2.24, 2.45) is 0 Å². The van der Waals surface area contributed by atoms with Gasteiger partial charge in [0.15, 0.2) is 0 Å². The summed E-state index contributed by atoms with van der Waals surface area (Å²) in [5, 5.41) is 5.91. The molecule has 0 spiro atoms. The fourth-order valence-corrected chi connectivity index (χ4v) is 4.00. The van der Waals surface area contributed by atoms with Crippen LogP contribution >= 0.6 is 11.3 Å². The second kappa shape index (κ2) is 9.90. The molecule has 166 valence electrons. The Morgan fingerprint density at radius 2 is 1.94 bits per heavy atom. The first-order chi connectivity index (χ1) is 14.8. The average Bonchev–Trinajstić information content (AvgIpc) is 3.40. The summed E-state index contributed by atoms with van der Waals surface area (Å²) < 4.78 is 41.8. The first-order valence-corrected chi connectivity index (χ1v) is 11.5. The summed E-state index contributed by atoms with van der Waals surface area (Å²) in [6, 6.07) is 9.54. The molecule has 0 amide bonds. The molecule has 3 aromatic rings. The number of ether oxygens (including phenoxy) is 2. The highest BCUT2D eigenvalue weighted by molar-refractivity contribution is 7.89. The number of thiophene rings is 1. The smallest absolute Gasteiger partial charge is 0.437 e. The van der Waals surface area contributed by atoms with Crippen LogP contribution in [0.1, 0.15) is 6.42 Å². The third-order valence-electron chi connectivity index (χ3n) is 4.08. The van der Waals surface area contributed by atoms with E-state index in [0.29, 0.717) is 5.75 Å². The third-order valence-corrected chi connectivity index (χ3v) is 6.77. The lowest BCUT2D eigenvalue weighted by Gasteiger charge is -2.12. The largest absolute Gasteiger partial charge is 0.490 e. The van der Waals surface area contributed by atoms with Crippen molar-refractivity contribution in [2.45, 2.75) is 17.9 Å². The van der Waals surface area contributed by atoms with Gasteiger partial charge in [-0.3, -0.25) is 4.79 Å². The molecular formula is C19H21N3O7S2. The van der Waals surface area contributed by atoms with Crippen LogP contribution in [0.4, 0.5) is 0 Å². The summed E-state index contributed by atoms with van der Waals surface area (Å²) >= 11 is 1.39. The van der Waals surface area contributed by atoms with Gasteiger partial charge in [0.1, 0.15) is 19.0 Å². The van der Waals surface area contributed by atoms with Crippen molar-refractivity contribution in [3.63, 3.8) is 0 Å². The molecule has 0 atom stereocenters. The molecule has 3 rings (SSSR count). The van der Waals surface area contributed by atoms with Gasteiger partial charge in [0, 0.05) is 14.1 Å². The highest BCUT2D eigenvalue weighted by Crippen LogP contribution is 2.21. The molecule has 0 fully saturated rings. The number of aryl methyl sites for hydroxylation is 1. The van der Waals surface area contributed by atoms with Crippen LogP contribution in [0.3, 0.4) is 0 Å². The number of hydrogen-bond donors (Lipinski definition) is 0. The van der Waals surface area contributed by atoms with Crippen LogP contribution in [0.15, 0.2) is 55.9 Å². The minimum absolute atomic E-state index is 0.00470. The van der Waals surface area contributed by atoms with Gasteiger partial charge < -0.3 is 13.9 Å². The van der Waals surface area contributed by atoms with Crippen LogP contribution in [-0.4, -0.2) is 55.8 Å². The van der Waals surface area contributed by atoms with Gasteiger partial charge in [-0.2, -0.15) is 4.68 Å². The number of hydrogen-bond acceptors (Lipinski definition) is 9. The van der Waals surface area contributed by atoms with E-state index in [4.69, 9.17) is 13.9 Å². The van der Waals surface area contributed by atoms with E-state index in [9.17, 15) is 18.0 Å².